The van der Waals surface area contributed by atoms with Gasteiger partial charge in [-0.3, -0.25) is 4.79 Å². The number of nitrogens with zero attached hydrogens (tertiary/aromatic N) is 2. The highest BCUT2D eigenvalue weighted by atomic mass is 35.5. The van der Waals surface area contributed by atoms with Gasteiger partial charge in [0.15, 0.2) is 0 Å². The number of hydrogen-bond acceptors (Lipinski definition) is 2. The van der Waals surface area contributed by atoms with Crippen LogP contribution in [0.5, 0.6) is 0 Å². The largest absolute Gasteiger partial charge is 0.307 e. The zero-order valence-electron chi connectivity index (χ0n) is 13.2. The molecule has 0 radical (unpaired) electrons. The molecule has 2 rings (SSSR count). The van der Waals surface area contributed by atoms with Crippen LogP contribution in [0.1, 0.15) is 32.0 Å². The third-order valence-electron chi connectivity index (χ3n) is 2.99. The molecule has 1 N–H and O–H groups in total. The van der Waals surface area contributed by atoms with Gasteiger partial charge >= 0.3 is 0 Å². The summed E-state index contributed by atoms with van der Waals surface area (Å²) < 4.78 is 1.81. The summed E-state index contributed by atoms with van der Waals surface area (Å²) >= 11 is 5.92. The fraction of sp³-hybridized carbons (Fsp3) is 0.294. The first-order chi connectivity index (χ1) is 10.3. The maximum atomic E-state index is 12.1. The van der Waals surface area contributed by atoms with Crippen LogP contribution in [-0.2, 0) is 10.3 Å². The van der Waals surface area contributed by atoms with Gasteiger partial charge in [-0.15, -0.1) is 0 Å². The number of benzene rings is 1. The Morgan fingerprint density at radius 2 is 2.05 bits per heavy atom. The van der Waals surface area contributed by atoms with E-state index in [1.54, 1.807) is 18.2 Å². The Balaban J connectivity index is 2.13. The van der Waals surface area contributed by atoms with E-state index < -0.39 is 0 Å². The lowest BCUT2D eigenvalue weighted by Crippen LogP contribution is -2.26. The quantitative estimate of drug-likeness (QED) is 0.860. The lowest BCUT2D eigenvalue weighted by molar-refractivity contribution is -0.111. The zero-order chi connectivity index (χ0) is 16.3. The van der Waals surface area contributed by atoms with Gasteiger partial charge in [-0.2, -0.15) is 5.10 Å². The van der Waals surface area contributed by atoms with Gasteiger partial charge in [-0.05, 0) is 51.5 Å². The lowest BCUT2D eigenvalue weighted by atomic mass is 10.1. The Labute approximate surface area is 135 Å². The summed E-state index contributed by atoms with van der Waals surface area (Å²) in [6, 6.07) is 9.19. The summed E-state index contributed by atoms with van der Waals surface area (Å²) in [5, 5.41) is 7.93. The van der Waals surface area contributed by atoms with E-state index in [2.05, 4.69) is 10.4 Å². The number of hydrogen-bond donors (Lipinski definition) is 1. The summed E-state index contributed by atoms with van der Waals surface area (Å²) in [5.74, 6) is 0.483. The van der Waals surface area contributed by atoms with Gasteiger partial charge in [-0.25, -0.2) is 4.68 Å². The van der Waals surface area contributed by atoms with Crippen molar-refractivity contribution in [2.75, 3.05) is 5.32 Å². The number of rotatable bonds is 3. The summed E-state index contributed by atoms with van der Waals surface area (Å²) in [7, 11) is 0. The maximum Gasteiger partial charge on any atom is 0.249 e. The van der Waals surface area contributed by atoms with Crippen molar-refractivity contribution in [3.63, 3.8) is 0 Å². The molecule has 1 heterocycles. The minimum atomic E-state index is -0.203. The summed E-state index contributed by atoms with van der Waals surface area (Å²) in [5.41, 5.74) is 1.54. The van der Waals surface area contributed by atoms with Crippen LogP contribution in [0.3, 0.4) is 0 Å². The van der Waals surface area contributed by atoms with Crippen LogP contribution in [0, 0.1) is 6.92 Å². The standard InChI is InChI=1S/C17H20ClN3O/c1-12-10-15(21(20-12)17(2,3)4)19-16(22)9-8-13-6-5-7-14(18)11-13/h5-11H,1-4H3,(H,19,22)/b9-8+. The Morgan fingerprint density at radius 3 is 2.68 bits per heavy atom. The molecule has 0 unspecified atom stereocenters. The van der Waals surface area contributed by atoms with E-state index in [-0.39, 0.29) is 11.4 Å². The normalized spacial score (nSPS) is 11.9. The summed E-state index contributed by atoms with van der Waals surface area (Å²) in [6.45, 7) is 8.02. The minimum Gasteiger partial charge on any atom is -0.307 e. The molecule has 1 amide bonds. The van der Waals surface area contributed by atoms with Crippen LogP contribution in [0.4, 0.5) is 5.82 Å². The van der Waals surface area contributed by atoms with E-state index in [1.807, 2.05) is 50.6 Å². The molecular formula is C17H20ClN3O. The molecule has 116 valence electrons. The highest BCUT2D eigenvalue weighted by Crippen LogP contribution is 2.21. The van der Waals surface area contributed by atoms with Gasteiger partial charge in [0, 0.05) is 17.2 Å². The predicted octanol–water partition coefficient (Wildman–Crippen LogP) is 4.25. The lowest BCUT2D eigenvalue weighted by Gasteiger charge is -2.22. The van der Waals surface area contributed by atoms with Gasteiger partial charge < -0.3 is 5.32 Å². The van der Waals surface area contributed by atoms with Crippen molar-refractivity contribution in [2.45, 2.75) is 33.2 Å². The van der Waals surface area contributed by atoms with Crippen molar-refractivity contribution in [3.05, 3.63) is 52.7 Å². The summed E-state index contributed by atoms with van der Waals surface area (Å²) in [4.78, 5) is 12.1. The molecule has 0 fully saturated rings. The minimum absolute atomic E-state index is 0.201. The number of halogens is 1. The molecule has 4 nitrogen and oxygen atoms in total. The molecular weight excluding hydrogens is 298 g/mol. The molecule has 0 aliphatic heterocycles. The van der Waals surface area contributed by atoms with Crippen molar-refractivity contribution in [1.29, 1.82) is 0 Å². The van der Waals surface area contributed by atoms with Crippen LogP contribution < -0.4 is 5.32 Å². The van der Waals surface area contributed by atoms with E-state index in [0.717, 1.165) is 11.3 Å². The molecule has 0 spiro atoms. The van der Waals surface area contributed by atoms with Gasteiger partial charge in [0.2, 0.25) is 5.91 Å². The fourth-order valence-electron chi connectivity index (χ4n) is 2.05. The van der Waals surface area contributed by atoms with Crippen LogP contribution in [0.2, 0.25) is 5.02 Å². The maximum absolute atomic E-state index is 12.1. The Bertz CT molecular complexity index is 711. The van der Waals surface area contributed by atoms with Crippen molar-refractivity contribution in [2.24, 2.45) is 0 Å². The molecule has 1 aromatic carbocycles. The average Bonchev–Trinajstić information content (AvgIpc) is 2.77. The van der Waals surface area contributed by atoms with Crippen LogP contribution in [-0.4, -0.2) is 15.7 Å². The van der Waals surface area contributed by atoms with Crippen LogP contribution in [0.15, 0.2) is 36.4 Å². The second-order valence-electron chi connectivity index (χ2n) is 6.13. The molecule has 0 aliphatic carbocycles. The van der Waals surface area contributed by atoms with Crippen molar-refractivity contribution < 1.29 is 4.79 Å². The third kappa shape index (κ3) is 4.21. The number of aromatic nitrogens is 2. The number of carbonyl (C=O) groups excluding carboxylic acids is 1. The molecule has 0 saturated carbocycles. The van der Waals surface area contributed by atoms with E-state index in [0.29, 0.717) is 10.8 Å². The first-order valence-electron chi connectivity index (χ1n) is 7.07. The second-order valence-corrected chi connectivity index (χ2v) is 6.57. The molecule has 0 saturated heterocycles. The van der Waals surface area contributed by atoms with E-state index in [9.17, 15) is 4.79 Å². The molecule has 22 heavy (non-hydrogen) atoms. The predicted molar refractivity (Wildman–Crippen MR) is 91.1 cm³/mol. The molecule has 5 heteroatoms. The number of amides is 1. The van der Waals surface area contributed by atoms with Crippen molar-refractivity contribution in [3.8, 4) is 0 Å². The number of anilines is 1. The van der Waals surface area contributed by atoms with Crippen molar-refractivity contribution in [1.82, 2.24) is 9.78 Å². The third-order valence-corrected chi connectivity index (χ3v) is 3.23. The number of carbonyl (C=O) groups is 1. The van der Waals surface area contributed by atoms with Gasteiger partial charge in [0.05, 0.1) is 11.2 Å². The molecule has 0 aliphatic rings. The highest BCUT2D eigenvalue weighted by Gasteiger charge is 2.19. The van der Waals surface area contributed by atoms with E-state index in [1.165, 1.54) is 6.08 Å². The average molecular weight is 318 g/mol. The summed E-state index contributed by atoms with van der Waals surface area (Å²) in [6.07, 6.45) is 3.22. The Morgan fingerprint density at radius 1 is 1.32 bits per heavy atom. The number of aryl methyl sites for hydroxylation is 1. The van der Waals surface area contributed by atoms with E-state index >= 15 is 0 Å². The SMILES string of the molecule is Cc1cc(NC(=O)/C=C/c2cccc(Cl)c2)n(C(C)(C)C)n1. The number of nitrogens with one attached hydrogen (secondary N) is 1. The topological polar surface area (TPSA) is 46.9 Å². The smallest absolute Gasteiger partial charge is 0.249 e. The van der Waals surface area contributed by atoms with Gasteiger partial charge in [-0.1, -0.05) is 23.7 Å². The Hall–Kier alpha value is -2.07. The van der Waals surface area contributed by atoms with E-state index in [4.69, 9.17) is 11.6 Å². The monoisotopic (exact) mass is 317 g/mol. The highest BCUT2D eigenvalue weighted by molar-refractivity contribution is 6.30. The molecule has 1 aromatic heterocycles. The van der Waals surface area contributed by atoms with Crippen molar-refractivity contribution >= 4 is 29.4 Å². The molecule has 0 bridgehead atoms. The molecule has 2 aromatic rings. The molecule has 0 atom stereocenters. The first-order valence-corrected chi connectivity index (χ1v) is 7.45. The Kier molecular flexibility index (Phi) is 4.71. The van der Waals surface area contributed by atoms with Gasteiger partial charge in [0.25, 0.3) is 0 Å². The first kappa shape index (κ1) is 16.3. The second kappa shape index (κ2) is 6.36. The van der Waals surface area contributed by atoms with Gasteiger partial charge in [0.1, 0.15) is 5.82 Å². The zero-order valence-corrected chi connectivity index (χ0v) is 14.0. The van der Waals surface area contributed by atoms with Crippen LogP contribution in [0.25, 0.3) is 6.08 Å². The van der Waals surface area contributed by atoms with Crippen LogP contribution >= 0.6 is 11.6 Å². The fourth-order valence-corrected chi connectivity index (χ4v) is 2.25.